The summed E-state index contributed by atoms with van der Waals surface area (Å²) < 4.78 is 1.67. The number of aromatic nitrogens is 6. The topological polar surface area (TPSA) is 89.4 Å². The van der Waals surface area contributed by atoms with Crippen molar-refractivity contribution in [3.63, 3.8) is 0 Å². The number of nitrogens with zero attached hydrogens (tertiary/aromatic N) is 5. The Labute approximate surface area is 141 Å². The first-order valence-corrected chi connectivity index (χ1v) is 7.50. The average Bonchev–Trinajstić information content (AvgIpc) is 3.00. The molecule has 7 nitrogen and oxygen atoms in total. The minimum absolute atomic E-state index is 0.238. The highest BCUT2D eigenvalue weighted by molar-refractivity contribution is 6.33. The second kappa shape index (κ2) is 5.54. The number of rotatable bonds is 2. The fraction of sp³-hybridized carbons (Fsp3) is 0.0625. The van der Waals surface area contributed by atoms with E-state index in [1.165, 1.54) is 6.07 Å². The summed E-state index contributed by atoms with van der Waals surface area (Å²) in [7, 11) is 1.82. The summed E-state index contributed by atoms with van der Waals surface area (Å²) in [6, 6.07) is 6.64. The average molecular weight is 339 g/mol. The van der Waals surface area contributed by atoms with Crippen LogP contribution < -0.4 is 5.56 Å². The van der Waals surface area contributed by atoms with E-state index in [9.17, 15) is 4.79 Å². The van der Waals surface area contributed by atoms with Crippen molar-refractivity contribution in [2.45, 2.75) is 0 Å². The molecule has 1 N–H and O–H groups in total. The van der Waals surface area contributed by atoms with Gasteiger partial charge in [-0.15, -0.1) is 0 Å². The Kier molecular flexibility index (Phi) is 3.35. The zero-order valence-electron chi connectivity index (χ0n) is 12.6. The van der Waals surface area contributed by atoms with E-state index in [1.54, 1.807) is 29.2 Å². The third-order valence-corrected chi connectivity index (χ3v) is 3.84. The van der Waals surface area contributed by atoms with Crippen molar-refractivity contribution in [3.05, 3.63) is 58.2 Å². The van der Waals surface area contributed by atoms with E-state index in [0.29, 0.717) is 38.8 Å². The van der Waals surface area contributed by atoms with Crippen molar-refractivity contribution in [1.29, 1.82) is 0 Å². The Bertz CT molecular complexity index is 1120. The lowest BCUT2D eigenvalue weighted by atomic mass is 10.1. The van der Waals surface area contributed by atoms with Gasteiger partial charge in [-0.3, -0.25) is 14.5 Å². The van der Waals surface area contributed by atoms with Crippen LogP contribution in [0.5, 0.6) is 0 Å². The molecule has 0 saturated heterocycles. The number of pyridine rings is 2. The molecule has 4 heterocycles. The highest BCUT2D eigenvalue weighted by Crippen LogP contribution is 2.33. The van der Waals surface area contributed by atoms with Gasteiger partial charge in [0.05, 0.1) is 5.02 Å². The lowest BCUT2D eigenvalue weighted by Gasteiger charge is -2.09. The highest BCUT2D eigenvalue weighted by Gasteiger charge is 2.17. The van der Waals surface area contributed by atoms with Crippen molar-refractivity contribution in [3.8, 4) is 22.6 Å². The SMILES string of the molecule is Cn1ccc(-c2nc3[nH]c(=O)ccc3nc2-c2ccncc2Cl)n1. The van der Waals surface area contributed by atoms with Crippen LogP contribution in [0.3, 0.4) is 0 Å². The van der Waals surface area contributed by atoms with Gasteiger partial charge in [-0.25, -0.2) is 9.97 Å². The summed E-state index contributed by atoms with van der Waals surface area (Å²) in [5.41, 5.74) is 3.19. The van der Waals surface area contributed by atoms with Gasteiger partial charge in [-0.05, 0) is 18.2 Å². The van der Waals surface area contributed by atoms with Gasteiger partial charge in [-0.1, -0.05) is 11.6 Å². The van der Waals surface area contributed by atoms with E-state index in [2.05, 4.69) is 25.0 Å². The molecule has 0 atom stereocenters. The first-order valence-electron chi connectivity index (χ1n) is 7.13. The normalized spacial score (nSPS) is 11.1. The first kappa shape index (κ1) is 14.5. The van der Waals surface area contributed by atoms with Crippen LogP contribution in [0.2, 0.25) is 5.02 Å². The first-order chi connectivity index (χ1) is 11.6. The van der Waals surface area contributed by atoms with Gasteiger partial charge >= 0.3 is 0 Å². The Morgan fingerprint density at radius 1 is 1.12 bits per heavy atom. The van der Waals surface area contributed by atoms with Crippen LogP contribution in [0.1, 0.15) is 0 Å². The molecule has 118 valence electrons. The molecule has 0 radical (unpaired) electrons. The molecular weight excluding hydrogens is 328 g/mol. The molecule has 0 aliphatic rings. The smallest absolute Gasteiger partial charge is 0.249 e. The third kappa shape index (κ3) is 2.44. The molecule has 0 aliphatic carbocycles. The fourth-order valence-corrected chi connectivity index (χ4v) is 2.65. The molecule has 0 aliphatic heterocycles. The van der Waals surface area contributed by atoms with Crippen molar-refractivity contribution in [1.82, 2.24) is 29.7 Å². The Morgan fingerprint density at radius 2 is 2.00 bits per heavy atom. The highest BCUT2D eigenvalue weighted by atomic mass is 35.5. The van der Waals surface area contributed by atoms with Gasteiger partial charge in [0.2, 0.25) is 5.56 Å². The molecule has 0 unspecified atom stereocenters. The summed E-state index contributed by atoms with van der Waals surface area (Å²) in [4.78, 5) is 27.5. The van der Waals surface area contributed by atoms with Gasteiger partial charge < -0.3 is 4.98 Å². The molecule has 0 fully saturated rings. The lowest BCUT2D eigenvalue weighted by molar-refractivity contribution is 0.770. The number of fused-ring (bicyclic) bond motifs is 1. The standard InChI is InChI=1S/C16H11ClN6O/c1-23-7-5-11(22-23)15-14(9-4-6-18-8-10(9)17)19-12-2-3-13(24)20-16(12)21-15/h2-8H,1H3,(H,20,21,24). The monoisotopic (exact) mass is 338 g/mol. The maximum Gasteiger partial charge on any atom is 0.249 e. The van der Waals surface area contributed by atoms with Crippen molar-refractivity contribution in [2.24, 2.45) is 7.05 Å². The van der Waals surface area contributed by atoms with Gasteiger partial charge in [0, 0.05) is 37.3 Å². The fourth-order valence-electron chi connectivity index (χ4n) is 2.44. The molecule has 24 heavy (non-hydrogen) atoms. The van der Waals surface area contributed by atoms with Gasteiger partial charge in [-0.2, -0.15) is 5.10 Å². The number of nitrogens with one attached hydrogen (secondary N) is 1. The summed E-state index contributed by atoms with van der Waals surface area (Å²) >= 11 is 6.29. The van der Waals surface area contributed by atoms with E-state index in [-0.39, 0.29) is 5.56 Å². The van der Waals surface area contributed by atoms with Crippen LogP contribution in [-0.4, -0.2) is 29.7 Å². The molecule has 0 aromatic carbocycles. The molecule has 4 aromatic rings. The summed E-state index contributed by atoms with van der Waals surface area (Å²) in [5.74, 6) is 0. The van der Waals surface area contributed by atoms with E-state index in [4.69, 9.17) is 11.6 Å². The molecule has 0 amide bonds. The third-order valence-electron chi connectivity index (χ3n) is 3.54. The Balaban J connectivity index is 2.08. The minimum Gasteiger partial charge on any atom is -0.305 e. The van der Waals surface area contributed by atoms with Crippen LogP contribution in [-0.2, 0) is 7.05 Å². The molecular formula is C16H11ClN6O. The van der Waals surface area contributed by atoms with Crippen LogP contribution >= 0.6 is 11.6 Å². The van der Waals surface area contributed by atoms with E-state index >= 15 is 0 Å². The summed E-state index contributed by atoms with van der Waals surface area (Å²) in [5, 5.41) is 4.85. The predicted molar refractivity (Wildman–Crippen MR) is 90.6 cm³/mol. The maximum absolute atomic E-state index is 11.6. The van der Waals surface area contributed by atoms with Crippen LogP contribution in [0.4, 0.5) is 0 Å². The number of hydrogen-bond acceptors (Lipinski definition) is 5. The van der Waals surface area contributed by atoms with Gasteiger partial charge in [0.1, 0.15) is 22.6 Å². The molecule has 0 saturated carbocycles. The second-order valence-corrected chi connectivity index (χ2v) is 5.61. The maximum atomic E-state index is 11.6. The van der Waals surface area contributed by atoms with Crippen LogP contribution in [0, 0.1) is 0 Å². The van der Waals surface area contributed by atoms with Gasteiger partial charge in [0.15, 0.2) is 5.65 Å². The van der Waals surface area contributed by atoms with Crippen LogP contribution in [0.15, 0.2) is 47.7 Å². The lowest BCUT2D eigenvalue weighted by Crippen LogP contribution is -2.06. The molecule has 4 rings (SSSR count). The molecule has 4 aromatic heterocycles. The molecule has 8 heteroatoms. The number of H-pyrrole nitrogens is 1. The minimum atomic E-state index is -0.238. The van der Waals surface area contributed by atoms with E-state index < -0.39 is 0 Å². The van der Waals surface area contributed by atoms with Crippen molar-refractivity contribution in [2.75, 3.05) is 0 Å². The number of hydrogen-bond donors (Lipinski definition) is 1. The zero-order valence-corrected chi connectivity index (χ0v) is 13.3. The number of aryl methyl sites for hydroxylation is 1. The quantitative estimate of drug-likeness (QED) is 0.606. The van der Waals surface area contributed by atoms with E-state index in [0.717, 1.165) is 0 Å². The Morgan fingerprint density at radius 3 is 2.75 bits per heavy atom. The molecule has 0 spiro atoms. The summed E-state index contributed by atoms with van der Waals surface area (Å²) in [6.07, 6.45) is 5.01. The largest absolute Gasteiger partial charge is 0.305 e. The zero-order chi connectivity index (χ0) is 16.7. The van der Waals surface area contributed by atoms with Gasteiger partial charge in [0.25, 0.3) is 0 Å². The predicted octanol–water partition coefficient (Wildman–Crippen LogP) is 2.43. The van der Waals surface area contributed by atoms with Crippen LogP contribution in [0.25, 0.3) is 33.8 Å². The Hall–Kier alpha value is -3.06. The number of aromatic amines is 1. The second-order valence-electron chi connectivity index (χ2n) is 5.21. The van der Waals surface area contributed by atoms with Crippen molar-refractivity contribution >= 4 is 22.8 Å². The van der Waals surface area contributed by atoms with E-state index in [1.807, 2.05) is 19.3 Å². The number of halogens is 1. The van der Waals surface area contributed by atoms with Crippen molar-refractivity contribution < 1.29 is 0 Å². The molecule has 0 bridgehead atoms. The summed E-state index contributed by atoms with van der Waals surface area (Å²) in [6.45, 7) is 0.